The van der Waals surface area contributed by atoms with Gasteiger partial charge in [0.15, 0.2) is 0 Å². The minimum absolute atomic E-state index is 0.0902. The van der Waals surface area contributed by atoms with Gasteiger partial charge in [-0.25, -0.2) is 9.29 Å². The number of nitrogens with zero attached hydrogens (tertiary/aromatic N) is 4. The van der Waals surface area contributed by atoms with Gasteiger partial charge in [0.2, 0.25) is 5.91 Å². The van der Waals surface area contributed by atoms with Gasteiger partial charge < -0.3 is 4.90 Å². The topological polar surface area (TPSA) is 47.1 Å². The van der Waals surface area contributed by atoms with Gasteiger partial charge in [0.1, 0.15) is 5.82 Å². The molecule has 1 unspecified atom stereocenters. The van der Waals surface area contributed by atoms with Crippen LogP contribution in [0.3, 0.4) is 0 Å². The molecule has 0 saturated carbocycles. The highest BCUT2D eigenvalue weighted by Crippen LogP contribution is 2.29. The molecule has 0 spiro atoms. The van der Waals surface area contributed by atoms with Crippen LogP contribution in [0.15, 0.2) is 54.6 Å². The molecule has 0 aliphatic carbocycles. The van der Waals surface area contributed by atoms with Crippen LogP contribution in [0.1, 0.15) is 19.3 Å². The number of para-hydroxylation sites is 1. The van der Waals surface area contributed by atoms with Gasteiger partial charge in [-0.3, -0.25) is 19.4 Å². The number of anilines is 2. The number of hydrogen-bond donors (Lipinski definition) is 0. The van der Waals surface area contributed by atoms with Crippen molar-refractivity contribution in [2.24, 2.45) is 0 Å². The number of imide groups is 1. The summed E-state index contributed by atoms with van der Waals surface area (Å²) in [5, 5.41) is 0. The Balaban J connectivity index is 1.14. The molecule has 0 bridgehead atoms. The van der Waals surface area contributed by atoms with Gasteiger partial charge in [-0.2, -0.15) is 0 Å². The summed E-state index contributed by atoms with van der Waals surface area (Å²) >= 11 is 0. The van der Waals surface area contributed by atoms with Crippen LogP contribution in [0.2, 0.25) is 0 Å². The maximum absolute atomic E-state index is 13.2. The second-order valence-corrected chi connectivity index (χ2v) is 8.89. The van der Waals surface area contributed by atoms with Crippen LogP contribution in [0.25, 0.3) is 0 Å². The quantitative estimate of drug-likeness (QED) is 0.690. The van der Waals surface area contributed by atoms with Crippen molar-refractivity contribution in [1.82, 2.24) is 9.80 Å². The van der Waals surface area contributed by atoms with E-state index in [1.807, 2.05) is 42.5 Å². The number of carbonyl (C=O) groups is 2. The van der Waals surface area contributed by atoms with E-state index < -0.39 is 0 Å². The van der Waals surface area contributed by atoms with Gasteiger partial charge in [0.05, 0.1) is 18.2 Å². The smallest absolute Gasteiger partial charge is 0.251 e. The fraction of sp³-hybridized carbons (Fsp3) is 0.440. The van der Waals surface area contributed by atoms with Gasteiger partial charge in [-0.1, -0.05) is 18.2 Å². The van der Waals surface area contributed by atoms with Crippen molar-refractivity contribution in [3.63, 3.8) is 0 Å². The molecule has 1 atom stereocenters. The van der Waals surface area contributed by atoms with Gasteiger partial charge >= 0.3 is 0 Å². The monoisotopic (exact) mass is 436 g/mol. The third-order valence-corrected chi connectivity index (χ3v) is 7.10. The van der Waals surface area contributed by atoms with Crippen LogP contribution >= 0.6 is 0 Å². The maximum Gasteiger partial charge on any atom is 0.251 e. The van der Waals surface area contributed by atoms with Crippen LogP contribution in [-0.2, 0) is 9.59 Å². The number of hydrogen-bond acceptors (Lipinski definition) is 5. The molecule has 5 rings (SSSR count). The molecule has 3 aliphatic rings. The lowest BCUT2D eigenvalue weighted by Crippen LogP contribution is -2.55. The summed E-state index contributed by atoms with van der Waals surface area (Å²) in [6.45, 7) is 5.54. The molecule has 0 aromatic heterocycles. The Kier molecular flexibility index (Phi) is 5.93. The van der Waals surface area contributed by atoms with E-state index in [9.17, 15) is 14.0 Å². The second kappa shape index (κ2) is 9.00. The largest absolute Gasteiger partial charge is 0.369 e. The minimum atomic E-state index is -0.334. The second-order valence-electron chi connectivity index (χ2n) is 8.89. The molecule has 3 fully saturated rings. The molecule has 2 amide bonds. The number of likely N-dealkylation sites (tertiary alicyclic amines) is 1. The van der Waals surface area contributed by atoms with E-state index in [0.717, 1.165) is 57.8 Å². The highest BCUT2D eigenvalue weighted by Gasteiger charge is 2.43. The van der Waals surface area contributed by atoms with Gasteiger partial charge in [0, 0.05) is 51.0 Å². The standard InChI is InChI=1S/C25H29FN4O2/c26-19-6-8-20(9-7-19)27-14-16-28(17-15-27)21-10-12-29(13-11-21)23-18-24(31)30(25(23)32)22-4-2-1-3-5-22/h1-9,21,23H,10-18H2. The van der Waals surface area contributed by atoms with Gasteiger partial charge in [0.25, 0.3) is 5.91 Å². The fourth-order valence-electron chi connectivity index (χ4n) is 5.31. The molecule has 0 N–H and O–H groups in total. The van der Waals surface area contributed by atoms with Crippen molar-refractivity contribution in [3.05, 3.63) is 60.4 Å². The summed E-state index contributed by atoms with van der Waals surface area (Å²) < 4.78 is 13.2. The Morgan fingerprint density at radius 1 is 0.719 bits per heavy atom. The molecule has 3 saturated heterocycles. The first-order valence-electron chi connectivity index (χ1n) is 11.5. The Labute approximate surface area is 188 Å². The number of piperidine rings is 1. The first-order valence-corrected chi connectivity index (χ1v) is 11.5. The first kappa shape index (κ1) is 21.1. The normalized spacial score (nSPS) is 23.8. The van der Waals surface area contributed by atoms with Crippen LogP contribution < -0.4 is 9.80 Å². The molecule has 2 aromatic carbocycles. The molecular formula is C25H29FN4O2. The van der Waals surface area contributed by atoms with E-state index in [1.165, 1.54) is 17.0 Å². The SMILES string of the molecule is O=C1CC(N2CCC(N3CCN(c4ccc(F)cc4)CC3)CC2)C(=O)N1c1ccccc1. The van der Waals surface area contributed by atoms with Crippen LogP contribution in [0.5, 0.6) is 0 Å². The van der Waals surface area contributed by atoms with Gasteiger partial charge in [-0.15, -0.1) is 0 Å². The van der Waals surface area contributed by atoms with E-state index in [1.54, 1.807) is 0 Å². The number of rotatable bonds is 4. The average molecular weight is 437 g/mol. The molecule has 32 heavy (non-hydrogen) atoms. The number of carbonyl (C=O) groups excluding carboxylic acids is 2. The predicted molar refractivity (Wildman–Crippen MR) is 122 cm³/mol. The number of halogens is 1. The number of amides is 2. The third-order valence-electron chi connectivity index (χ3n) is 7.10. The van der Waals surface area contributed by atoms with Crippen LogP contribution in [-0.4, -0.2) is 73.0 Å². The van der Waals surface area contributed by atoms with E-state index in [4.69, 9.17) is 0 Å². The van der Waals surface area contributed by atoms with Gasteiger partial charge in [-0.05, 0) is 49.2 Å². The summed E-state index contributed by atoms with van der Waals surface area (Å²) in [4.78, 5) is 34.0. The summed E-state index contributed by atoms with van der Waals surface area (Å²) in [5.74, 6) is -0.397. The summed E-state index contributed by atoms with van der Waals surface area (Å²) in [6, 6.07) is 16.1. The highest BCUT2D eigenvalue weighted by atomic mass is 19.1. The Morgan fingerprint density at radius 3 is 2.03 bits per heavy atom. The predicted octanol–water partition coefficient (Wildman–Crippen LogP) is 2.74. The van der Waals surface area contributed by atoms with Crippen LogP contribution in [0, 0.1) is 5.82 Å². The maximum atomic E-state index is 13.2. The third kappa shape index (κ3) is 4.14. The number of benzene rings is 2. The van der Waals surface area contributed by atoms with Crippen molar-refractivity contribution < 1.29 is 14.0 Å². The average Bonchev–Trinajstić information content (AvgIpc) is 3.14. The minimum Gasteiger partial charge on any atom is -0.369 e. The van der Waals surface area contributed by atoms with Crippen molar-refractivity contribution in [2.75, 3.05) is 49.1 Å². The lowest BCUT2D eigenvalue weighted by atomic mass is 10.00. The molecule has 7 heteroatoms. The Hall–Kier alpha value is -2.77. The first-order chi connectivity index (χ1) is 15.6. The molecule has 2 aromatic rings. The zero-order valence-electron chi connectivity index (χ0n) is 18.2. The van der Waals surface area contributed by atoms with E-state index in [-0.39, 0.29) is 30.1 Å². The zero-order chi connectivity index (χ0) is 22.1. The van der Waals surface area contributed by atoms with E-state index in [0.29, 0.717) is 11.7 Å². The Morgan fingerprint density at radius 2 is 1.38 bits per heavy atom. The summed E-state index contributed by atoms with van der Waals surface area (Å²) in [6.07, 6.45) is 2.30. The summed E-state index contributed by atoms with van der Waals surface area (Å²) in [5.41, 5.74) is 1.74. The fourth-order valence-corrected chi connectivity index (χ4v) is 5.31. The van der Waals surface area contributed by atoms with Crippen molar-refractivity contribution >= 4 is 23.2 Å². The molecule has 0 radical (unpaired) electrons. The highest BCUT2D eigenvalue weighted by molar-refractivity contribution is 6.22. The zero-order valence-corrected chi connectivity index (χ0v) is 18.2. The van der Waals surface area contributed by atoms with Crippen molar-refractivity contribution in [2.45, 2.75) is 31.3 Å². The molecular weight excluding hydrogens is 407 g/mol. The molecule has 6 nitrogen and oxygen atoms in total. The van der Waals surface area contributed by atoms with E-state index >= 15 is 0 Å². The Bertz CT molecular complexity index is 952. The summed E-state index contributed by atoms with van der Waals surface area (Å²) in [7, 11) is 0. The lowest BCUT2D eigenvalue weighted by molar-refractivity contribution is -0.123. The lowest BCUT2D eigenvalue weighted by Gasteiger charge is -2.44. The molecule has 168 valence electrons. The molecule has 3 heterocycles. The molecule has 3 aliphatic heterocycles. The number of piperazine rings is 1. The van der Waals surface area contributed by atoms with Crippen molar-refractivity contribution in [1.29, 1.82) is 0 Å². The van der Waals surface area contributed by atoms with Crippen LogP contribution in [0.4, 0.5) is 15.8 Å². The van der Waals surface area contributed by atoms with Crippen molar-refractivity contribution in [3.8, 4) is 0 Å². The van der Waals surface area contributed by atoms with E-state index in [2.05, 4.69) is 14.7 Å².